The Bertz CT molecular complexity index is 660. The molecule has 1 aromatic heterocycles. The lowest BCUT2D eigenvalue weighted by molar-refractivity contribution is 0.628. The van der Waals surface area contributed by atoms with Gasteiger partial charge in [0.2, 0.25) is 0 Å². The molecule has 0 saturated carbocycles. The first-order chi connectivity index (χ1) is 9.13. The number of hydrazine groups is 1. The molecule has 0 saturated heterocycles. The van der Waals surface area contributed by atoms with Crippen LogP contribution in [0.15, 0.2) is 46.0 Å². The molecular formula is C13H16N4O2. The molecular weight excluding hydrogens is 244 g/mol. The number of nitrogens with one attached hydrogen (secondary N) is 1. The van der Waals surface area contributed by atoms with E-state index in [2.05, 4.69) is 4.98 Å². The first-order valence-electron chi connectivity index (χ1n) is 6.07. The molecule has 2 aromatic rings. The number of aromatic amines is 1. The lowest BCUT2D eigenvalue weighted by Gasteiger charge is -2.22. The molecule has 19 heavy (non-hydrogen) atoms. The van der Waals surface area contributed by atoms with Gasteiger partial charge in [-0.2, -0.15) is 0 Å². The van der Waals surface area contributed by atoms with Gasteiger partial charge < -0.3 is 0 Å². The third-order valence-corrected chi connectivity index (χ3v) is 2.74. The summed E-state index contributed by atoms with van der Waals surface area (Å²) in [7, 11) is 0. The fourth-order valence-electron chi connectivity index (χ4n) is 1.87. The Kier molecular flexibility index (Phi) is 3.82. The van der Waals surface area contributed by atoms with E-state index in [9.17, 15) is 9.59 Å². The number of nitrogens with two attached hydrogens (primary N) is 1. The van der Waals surface area contributed by atoms with Crippen molar-refractivity contribution in [1.29, 1.82) is 0 Å². The molecule has 1 aromatic carbocycles. The molecule has 0 aliphatic rings. The van der Waals surface area contributed by atoms with Crippen LogP contribution in [0.4, 0.5) is 11.5 Å². The van der Waals surface area contributed by atoms with E-state index in [1.165, 1.54) is 15.6 Å². The van der Waals surface area contributed by atoms with Crippen LogP contribution in [-0.4, -0.2) is 9.55 Å². The molecule has 0 amide bonds. The van der Waals surface area contributed by atoms with Crippen LogP contribution in [0.25, 0.3) is 0 Å². The lowest BCUT2D eigenvalue weighted by atomic mass is 10.3. The monoisotopic (exact) mass is 260 g/mol. The highest BCUT2D eigenvalue weighted by molar-refractivity contribution is 5.57. The molecule has 3 N–H and O–H groups in total. The minimum absolute atomic E-state index is 0.377. The van der Waals surface area contributed by atoms with E-state index < -0.39 is 11.2 Å². The summed E-state index contributed by atoms with van der Waals surface area (Å²) in [6, 6.07) is 10.5. The van der Waals surface area contributed by atoms with Crippen LogP contribution < -0.4 is 22.1 Å². The van der Waals surface area contributed by atoms with Gasteiger partial charge in [0.15, 0.2) is 0 Å². The zero-order valence-electron chi connectivity index (χ0n) is 10.7. The highest BCUT2D eigenvalue weighted by Gasteiger charge is 2.11. The molecule has 0 aliphatic carbocycles. The molecule has 0 spiro atoms. The average Bonchev–Trinajstić information content (AvgIpc) is 2.42. The van der Waals surface area contributed by atoms with Crippen LogP contribution >= 0.6 is 0 Å². The second-order valence-electron chi connectivity index (χ2n) is 4.15. The van der Waals surface area contributed by atoms with Crippen molar-refractivity contribution < 1.29 is 0 Å². The van der Waals surface area contributed by atoms with Gasteiger partial charge in [0.25, 0.3) is 5.56 Å². The Morgan fingerprint density at radius 1 is 1.26 bits per heavy atom. The number of rotatable bonds is 4. The highest BCUT2D eigenvalue weighted by atomic mass is 16.2. The van der Waals surface area contributed by atoms with Crippen molar-refractivity contribution in [3.8, 4) is 0 Å². The quantitative estimate of drug-likeness (QED) is 0.633. The number of hydrogen-bond donors (Lipinski definition) is 2. The number of benzene rings is 1. The van der Waals surface area contributed by atoms with E-state index >= 15 is 0 Å². The zero-order chi connectivity index (χ0) is 13.8. The fourth-order valence-corrected chi connectivity index (χ4v) is 1.87. The average molecular weight is 260 g/mol. The van der Waals surface area contributed by atoms with Gasteiger partial charge in [0.1, 0.15) is 5.82 Å². The Morgan fingerprint density at radius 2 is 1.95 bits per heavy atom. The molecule has 100 valence electrons. The van der Waals surface area contributed by atoms with Crippen LogP contribution in [0, 0.1) is 0 Å². The van der Waals surface area contributed by atoms with Crippen molar-refractivity contribution in [1.82, 2.24) is 9.55 Å². The number of H-pyrrole nitrogens is 1. The van der Waals surface area contributed by atoms with Crippen LogP contribution in [-0.2, 0) is 6.54 Å². The molecule has 6 nitrogen and oxygen atoms in total. The SMILES string of the molecule is CCCn1c(N(N)c2ccccc2)cc(=O)[nH]c1=O. The normalized spacial score (nSPS) is 10.4. The molecule has 0 aliphatic heterocycles. The number of anilines is 2. The first-order valence-corrected chi connectivity index (χ1v) is 6.07. The first kappa shape index (κ1) is 13.1. The van der Waals surface area contributed by atoms with Crippen molar-refractivity contribution in [3.63, 3.8) is 0 Å². The summed E-state index contributed by atoms with van der Waals surface area (Å²) in [5.41, 5.74) is -0.202. The third kappa shape index (κ3) is 2.74. The molecule has 1 heterocycles. The second kappa shape index (κ2) is 5.53. The highest BCUT2D eigenvalue weighted by Crippen LogP contribution is 2.18. The second-order valence-corrected chi connectivity index (χ2v) is 4.15. The van der Waals surface area contributed by atoms with Gasteiger partial charge in [0.05, 0.1) is 5.69 Å². The van der Waals surface area contributed by atoms with E-state index in [1.807, 2.05) is 37.3 Å². The zero-order valence-corrected chi connectivity index (χ0v) is 10.7. The van der Waals surface area contributed by atoms with Gasteiger partial charge in [-0.15, -0.1) is 0 Å². The van der Waals surface area contributed by atoms with Crippen molar-refractivity contribution in [3.05, 3.63) is 57.2 Å². The Morgan fingerprint density at radius 3 is 2.58 bits per heavy atom. The standard InChI is InChI=1S/C13H16N4O2/c1-2-8-16-12(9-11(18)15-13(16)19)17(14)10-6-4-3-5-7-10/h3-7,9H,2,8,14H2,1H3,(H,15,18,19). The maximum Gasteiger partial charge on any atom is 0.329 e. The molecule has 0 fully saturated rings. The van der Waals surface area contributed by atoms with E-state index in [1.54, 1.807) is 0 Å². The largest absolute Gasteiger partial charge is 0.329 e. The molecule has 6 heteroatoms. The van der Waals surface area contributed by atoms with E-state index in [-0.39, 0.29) is 0 Å². The Balaban J connectivity index is 2.55. The minimum atomic E-state index is -0.460. The van der Waals surface area contributed by atoms with Crippen LogP contribution in [0.5, 0.6) is 0 Å². The molecule has 0 bridgehead atoms. The predicted octanol–water partition coefficient (Wildman–Crippen LogP) is 0.958. The topological polar surface area (TPSA) is 84.1 Å². The maximum absolute atomic E-state index is 11.8. The summed E-state index contributed by atoms with van der Waals surface area (Å²) < 4.78 is 1.45. The van der Waals surface area contributed by atoms with Crippen molar-refractivity contribution >= 4 is 11.5 Å². The van der Waals surface area contributed by atoms with Gasteiger partial charge in [-0.1, -0.05) is 25.1 Å². The number of para-hydroxylation sites is 1. The van der Waals surface area contributed by atoms with Gasteiger partial charge in [-0.25, -0.2) is 10.6 Å². The molecule has 2 rings (SSSR count). The summed E-state index contributed by atoms with van der Waals surface area (Å²) in [5.74, 6) is 6.38. The summed E-state index contributed by atoms with van der Waals surface area (Å²) in [4.78, 5) is 25.5. The van der Waals surface area contributed by atoms with Gasteiger partial charge in [-0.05, 0) is 18.6 Å². The van der Waals surface area contributed by atoms with E-state index in [0.717, 1.165) is 6.42 Å². The van der Waals surface area contributed by atoms with Crippen molar-refractivity contribution in [2.75, 3.05) is 5.01 Å². The van der Waals surface area contributed by atoms with Crippen LogP contribution in [0.1, 0.15) is 13.3 Å². The Hall–Kier alpha value is -2.34. The minimum Gasteiger partial charge on any atom is -0.278 e. The van der Waals surface area contributed by atoms with E-state index in [4.69, 9.17) is 5.84 Å². The summed E-state index contributed by atoms with van der Waals surface area (Å²) >= 11 is 0. The molecule has 0 atom stereocenters. The molecule has 0 unspecified atom stereocenters. The number of hydrogen-bond acceptors (Lipinski definition) is 4. The van der Waals surface area contributed by atoms with Gasteiger partial charge in [0, 0.05) is 12.6 Å². The fraction of sp³-hybridized carbons (Fsp3) is 0.231. The summed E-state index contributed by atoms with van der Waals surface area (Å²) in [6.45, 7) is 2.44. The summed E-state index contributed by atoms with van der Waals surface area (Å²) in [6.07, 6.45) is 0.765. The van der Waals surface area contributed by atoms with Crippen molar-refractivity contribution in [2.45, 2.75) is 19.9 Å². The predicted molar refractivity (Wildman–Crippen MR) is 74.4 cm³/mol. The number of aromatic nitrogens is 2. The van der Waals surface area contributed by atoms with Crippen molar-refractivity contribution in [2.24, 2.45) is 5.84 Å². The smallest absolute Gasteiger partial charge is 0.278 e. The lowest BCUT2D eigenvalue weighted by Crippen LogP contribution is -2.37. The maximum atomic E-state index is 11.8. The van der Waals surface area contributed by atoms with Crippen LogP contribution in [0.3, 0.4) is 0 Å². The van der Waals surface area contributed by atoms with Gasteiger partial charge >= 0.3 is 5.69 Å². The summed E-state index contributed by atoms with van der Waals surface area (Å²) in [5, 5.41) is 1.34. The Labute approximate surface area is 110 Å². The van der Waals surface area contributed by atoms with Crippen LogP contribution in [0.2, 0.25) is 0 Å². The number of nitrogens with zero attached hydrogens (tertiary/aromatic N) is 2. The van der Waals surface area contributed by atoms with E-state index in [0.29, 0.717) is 18.1 Å². The molecule has 0 radical (unpaired) electrons. The van der Waals surface area contributed by atoms with Gasteiger partial charge in [-0.3, -0.25) is 19.4 Å². The third-order valence-electron chi connectivity index (χ3n) is 2.74.